The third-order valence-electron chi connectivity index (χ3n) is 2.61. The SMILES string of the molecule is C=CCC[C@@H](OS(=O)(=O)c1ccc(NO)cc1)C(=O)OC. The quantitative estimate of drug-likeness (QED) is 0.326. The van der Waals surface area contributed by atoms with Gasteiger partial charge in [0.05, 0.1) is 17.7 Å². The predicted molar refractivity (Wildman–Crippen MR) is 75.4 cm³/mol. The van der Waals surface area contributed by atoms with Gasteiger partial charge in [-0.1, -0.05) is 6.08 Å². The molecule has 0 amide bonds. The molecule has 21 heavy (non-hydrogen) atoms. The summed E-state index contributed by atoms with van der Waals surface area (Å²) in [6, 6.07) is 5.20. The van der Waals surface area contributed by atoms with Gasteiger partial charge in [0.2, 0.25) is 0 Å². The lowest BCUT2D eigenvalue weighted by Crippen LogP contribution is -2.28. The highest BCUT2D eigenvalue weighted by Crippen LogP contribution is 2.19. The highest BCUT2D eigenvalue weighted by atomic mass is 32.2. The van der Waals surface area contributed by atoms with Crippen molar-refractivity contribution in [2.75, 3.05) is 12.6 Å². The first-order chi connectivity index (χ1) is 9.94. The summed E-state index contributed by atoms with van der Waals surface area (Å²) in [4.78, 5) is 11.4. The van der Waals surface area contributed by atoms with E-state index in [4.69, 9.17) is 9.39 Å². The van der Waals surface area contributed by atoms with Gasteiger partial charge in [0.15, 0.2) is 6.10 Å². The number of carbonyl (C=O) groups excluding carboxylic acids is 1. The molecule has 0 aromatic heterocycles. The van der Waals surface area contributed by atoms with Crippen LogP contribution in [-0.4, -0.2) is 32.8 Å². The Hall–Kier alpha value is -1.90. The van der Waals surface area contributed by atoms with Crippen molar-refractivity contribution >= 4 is 21.8 Å². The third kappa shape index (κ3) is 4.85. The van der Waals surface area contributed by atoms with Gasteiger partial charge in [-0.25, -0.2) is 4.79 Å². The Morgan fingerprint density at radius 1 is 1.43 bits per heavy atom. The van der Waals surface area contributed by atoms with E-state index in [1.807, 2.05) is 5.48 Å². The molecule has 0 fully saturated rings. The number of ether oxygens (including phenoxy) is 1. The van der Waals surface area contributed by atoms with E-state index in [9.17, 15) is 13.2 Å². The van der Waals surface area contributed by atoms with Crippen LogP contribution in [0.25, 0.3) is 0 Å². The Bertz CT molecular complexity index is 581. The Labute approximate surface area is 123 Å². The molecule has 0 aliphatic rings. The van der Waals surface area contributed by atoms with Crippen LogP contribution in [0.1, 0.15) is 12.8 Å². The summed E-state index contributed by atoms with van der Waals surface area (Å²) >= 11 is 0. The van der Waals surface area contributed by atoms with Crippen LogP contribution in [0.2, 0.25) is 0 Å². The summed E-state index contributed by atoms with van der Waals surface area (Å²) in [6.07, 6.45) is 0.871. The summed E-state index contributed by atoms with van der Waals surface area (Å²) in [6.45, 7) is 3.50. The summed E-state index contributed by atoms with van der Waals surface area (Å²) in [5.41, 5.74) is 2.21. The molecule has 0 aliphatic heterocycles. The molecule has 8 heteroatoms. The molecule has 7 nitrogen and oxygen atoms in total. The number of nitrogens with one attached hydrogen (secondary N) is 1. The van der Waals surface area contributed by atoms with Crippen LogP contribution in [0, 0.1) is 0 Å². The first-order valence-corrected chi connectivity index (χ1v) is 7.47. The number of hydrogen-bond acceptors (Lipinski definition) is 7. The smallest absolute Gasteiger partial charge is 0.336 e. The second kappa shape index (κ2) is 7.77. The minimum atomic E-state index is -4.11. The lowest BCUT2D eigenvalue weighted by atomic mass is 10.2. The Morgan fingerprint density at radius 2 is 2.05 bits per heavy atom. The number of benzene rings is 1. The number of anilines is 1. The highest BCUT2D eigenvalue weighted by molar-refractivity contribution is 7.86. The van der Waals surface area contributed by atoms with Crippen molar-refractivity contribution in [3.05, 3.63) is 36.9 Å². The van der Waals surface area contributed by atoms with Gasteiger partial charge in [-0.05, 0) is 37.1 Å². The van der Waals surface area contributed by atoms with Crippen LogP contribution in [0.5, 0.6) is 0 Å². The molecule has 0 unspecified atom stereocenters. The van der Waals surface area contributed by atoms with Crippen molar-refractivity contribution in [3.63, 3.8) is 0 Å². The molecule has 0 saturated heterocycles. The molecular weight excluding hydrogens is 298 g/mol. The molecule has 1 rings (SSSR count). The fraction of sp³-hybridized carbons (Fsp3) is 0.308. The predicted octanol–water partition coefficient (Wildman–Crippen LogP) is 1.70. The average molecular weight is 315 g/mol. The maximum atomic E-state index is 12.1. The molecule has 0 saturated carbocycles. The highest BCUT2D eigenvalue weighted by Gasteiger charge is 2.27. The second-order valence-corrected chi connectivity index (χ2v) is 5.64. The summed E-state index contributed by atoms with van der Waals surface area (Å²) in [7, 11) is -2.96. The molecule has 0 aliphatic carbocycles. The minimum Gasteiger partial charge on any atom is -0.467 e. The van der Waals surface area contributed by atoms with Crippen molar-refractivity contribution in [3.8, 4) is 0 Å². The monoisotopic (exact) mass is 315 g/mol. The van der Waals surface area contributed by atoms with Gasteiger partial charge in [-0.3, -0.25) is 14.9 Å². The molecule has 1 aromatic carbocycles. The van der Waals surface area contributed by atoms with E-state index in [0.29, 0.717) is 12.1 Å². The van der Waals surface area contributed by atoms with Gasteiger partial charge < -0.3 is 4.74 Å². The van der Waals surface area contributed by atoms with E-state index in [1.54, 1.807) is 6.08 Å². The number of methoxy groups -OCH3 is 1. The van der Waals surface area contributed by atoms with E-state index in [0.717, 1.165) is 7.11 Å². The van der Waals surface area contributed by atoms with Crippen LogP contribution in [0.3, 0.4) is 0 Å². The molecule has 0 radical (unpaired) electrons. The first-order valence-electron chi connectivity index (χ1n) is 6.06. The van der Waals surface area contributed by atoms with Crippen molar-refractivity contribution in [1.82, 2.24) is 0 Å². The summed E-state index contributed by atoms with van der Waals surface area (Å²) < 4.78 is 33.6. The van der Waals surface area contributed by atoms with Gasteiger partial charge in [0, 0.05) is 0 Å². The van der Waals surface area contributed by atoms with Crippen molar-refractivity contribution in [2.45, 2.75) is 23.8 Å². The molecule has 2 N–H and O–H groups in total. The third-order valence-corrected chi connectivity index (χ3v) is 3.95. The normalized spacial score (nSPS) is 12.5. The molecule has 0 spiro atoms. The molecular formula is C13H17NO6S. The van der Waals surface area contributed by atoms with E-state index >= 15 is 0 Å². The lowest BCUT2D eigenvalue weighted by Gasteiger charge is -2.14. The number of hydrogen-bond donors (Lipinski definition) is 2. The van der Waals surface area contributed by atoms with Gasteiger partial charge in [-0.15, -0.1) is 6.58 Å². The van der Waals surface area contributed by atoms with Crippen LogP contribution in [0.15, 0.2) is 41.8 Å². The van der Waals surface area contributed by atoms with E-state index in [2.05, 4.69) is 11.3 Å². The summed E-state index contributed by atoms with van der Waals surface area (Å²) in [5.74, 6) is -0.769. The zero-order valence-corrected chi connectivity index (χ0v) is 12.3. The van der Waals surface area contributed by atoms with Gasteiger partial charge in [0.25, 0.3) is 10.1 Å². The second-order valence-electron chi connectivity index (χ2n) is 4.06. The van der Waals surface area contributed by atoms with Crippen LogP contribution < -0.4 is 5.48 Å². The van der Waals surface area contributed by atoms with Crippen LogP contribution in [0.4, 0.5) is 5.69 Å². The van der Waals surface area contributed by atoms with Crippen LogP contribution in [-0.2, 0) is 23.8 Å². The van der Waals surface area contributed by atoms with Crippen molar-refractivity contribution < 1.29 is 27.3 Å². The molecule has 1 aromatic rings. The standard InChI is InChI=1S/C13H17NO6S/c1-3-4-5-12(13(15)19-2)20-21(17,18)11-8-6-10(14-16)7-9-11/h3,6-9,12,14,16H,1,4-5H2,2H3/t12-/m1/s1. The maximum absolute atomic E-state index is 12.1. The maximum Gasteiger partial charge on any atom is 0.336 e. The zero-order chi connectivity index (χ0) is 15.9. The van der Waals surface area contributed by atoms with E-state index in [-0.39, 0.29) is 11.3 Å². The number of carbonyl (C=O) groups is 1. The molecule has 0 heterocycles. The number of allylic oxidation sites excluding steroid dienone is 1. The fourth-order valence-electron chi connectivity index (χ4n) is 1.51. The first kappa shape index (κ1) is 17.2. The topological polar surface area (TPSA) is 102 Å². The van der Waals surface area contributed by atoms with Crippen molar-refractivity contribution in [1.29, 1.82) is 0 Å². The minimum absolute atomic E-state index is 0.131. The average Bonchev–Trinajstić information content (AvgIpc) is 2.50. The zero-order valence-electron chi connectivity index (χ0n) is 11.5. The largest absolute Gasteiger partial charge is 0.467 e. The van der Waals surface area contributed by atoms with Crippen LogP contribution >= 0.6 is 0 Å². The lowest BCUT2D eigenvalue weighted by molar-refractivity contribution is -0.148. The summed E-state index contributed by atoms with van der Waals surface area (Å²) in [5, 5.41) is 8.68. The van der Waals surface area contributed by atoms with Crippen molar-refractivity contribution in [2.24, 2.45) is 0 Å². The van der Waals surface area contributed by atoms with E-state index in [1.165, 1.54) is 24.3 Å². The van der Waals surface area contributed by atoms with Gasteiger partial charge >= 0.3 is 5.97 Å². The Kier molecular flexibility index (Phi) is 6.35. The van der Waals surface area contributed by atoms with Gasteiger partial charge in [0.1, 0.15) is 0 Å². The molecule has 0 bridgehead atoms. The Morgan fingerprint density at radius 3 is 2.52 bits per heavy atom. The number of esters is 1. The Balaban J connectivity index is 2.93. The fourth-order valence-corrected chi connectivity index (χ4v) is 2.57. The van der Waals surface area contributed by atoms with Gasteiger partial charge in [-0.2, -0.15) is 8.42 Å². The number of rotatable bonds is 8. The molecule has 116 valence electrons. The molecule has 1 atom stereocenters. The van der Waals surface area contributed by atoms with E-state index < -0.39 is 22.2 Å².